The molecule has 2 nitrogen and oxygen atoms in total. The molecule has 0 aliphatic carbocycles. The highest BCUT2D eigenvalue weighted by Gasteiger charge is 2.35. The Labute approximate surface area is 90.6 Å². The van der Waals surface area contributed by atoms with Gasteiger partial charge in [0.2, 0.25) is 0 Å². The standard InChI is InChI=1S/C13H16N2/c1-15-11-4-6-12(13(15)7-5-11)10-3-2-8-14-9-10/h2-3,6,8-9,11,13H,4-5,7H2,1H3/t11-,13+/m0/s1. The normalized spacial score (nSPS) is 30.3. The maximum atomic E-state index is 4.21. The first-order chi connectivity index (χ1) is 7.36. The summed E-state index contributed by atoms with van der Waals surface area (Å²) in [6.07, 6.45) is 10.1. The third-order valence-electron chi connectivity index (χ3n) is 3.80. The summed E-state index contributed by atoms with van der Waals surface area (Å²) >= 11 is 0. The molecule has 3 rings (SSSR count). The highest BCUT2D eigenvalue weighted by atomic mass is 15.2. The second-order valence-corrected chi connectivity index (χ2v) is 4.55. The summed E-state index contributed by atoms with van der Waals surface area (Å²) in [5, 5.41) is 0. The van der Waals surface area contributed by atoms with Crippen molar-refractivity contribution in [3.05, 3.63) is 36.2 Å². The Balaban J connectivity index is 1.97. The van der Waals surface area contributed by atoms with Crippen molar-refractivity contribution in [2.24, 2.45) is 0 Å². The van der Waals surface area contributed by atoms with Crippen molar-refractivity contribution in [3.8, 4) is 0 Å². The molecule has 78 valence electrons. The molecule has 0 N–H and O–H groups in total. The average molecular weight is 200 g/mol. The zero-order valence-corrected chi connectivity index (χ0v) is 9.06. The van der Waals surface area contributed by atoms with E-state index in [1.54, 1.807) is 0 Å². The number of nitrogens with zero attached hydrogens (tertiary/aromatic N) is 2. The molecule has 0 saturated carbocycles. The van der Waals surface area contributed by atoms with E-state index >= 15 is 0 Å². The fourth-order valence-electron chi connectivity index (χ4n) is 2.91. The minimum atomic E-state index is 0.632. The van der Waals surface area contributed by atoms with Crippen LogP contribution in [0, 0.1) is 0 Å². The molecule has 2 bridgehead atoms. The van der Waals surface area contributed by atoms with E-state index in [1.165, 1.54) is 30.4 Å². The van der Waals surface area contributed by atoms with Crippen LogP contribution >= 0.6 is 0 Å². The number of fused-ring (bicyclic) bond motifs is 2. The SMILES string of the molecule is CN1[C@H]2CC=C(c3cccnc3)[C@H]1CC2. The molecule has 1 aromatic rings. The lowest BCUT2D eigenvalue weighted by Crippen LogP contribution is -2.35. The van der Waals surface area contributed by atoms with Gasteiger partial charge in [0.25, 0.3) is 0 Å². The number of hydrogen-bond acceptors (Lipinski definition) is 2. The van der Waals surface area contributed by atoms with E-state index in [0.29, 0.717) is 6.04 Å². The molecule has 1 aromatic heterocycles. The minimum Gasteiger partial charge on any atom is -0.296 e. The van der Waals surface area contributed by atoms with Crippen molar-refractivity contribution < 1.29 is 0 Å². The number of likely N-dealkylation sites (N-methyl/N-ethyl adjacent to an activating group) is 1. The fraction of sp³-hybridized carbons (Fsp3) is 0.462. The van der Waals surface area contributed by atoms with E-state index in [9.17, 15) is 0 Å². The smallest absolute Gasteiger partial charge is 0.0352 e. The Kier molecular flexibility index (Phi) is 2.10. The van der Waals surface area contributed by atoms with E-state index in [-0.39, 0.29) is 0 Å². The van der Waals surface area contributed by atoms with Gasteiger partial charge < -0.3 is 0 Å². The number of rotatable bonds is 1. The zero-order chi connectivity index (χ0) is 10.3. The first-order valence-corrected chi connectivity index (χ1v) is 5.68. The second-order valence-electron chi connectivity index (χ2n) is 4.55. The summed E-state index contributed by atoms with van der Waals surface area (Å²) in [6.45, 7) is 0. The topological polar surface area (TPSA) is 16.1 Å². The molecule has 1 saturated heterocycles. The molecular weight excluding hydrogens is 184 g/mol. The summed E-state index contributed by atoms with van der Waals surface area (Å²) in [4.78, 5) is 6.74. The van der Waals surface area contributed by atoms with E-state index in [4.69, 9.17) is 0 Å². The van der Waals surface area contributed by atoms with Crippen molar-refractivity contribution in [1.29, 1.82) is 0 Å². The van der Waals surface area contributed by atoms with E-state index in [0.717, 1.165) is 6.04 Å². The van der Waals surface area contributed by atoms with Crippen LogP contribution in [0.3, 0.4) is 0 Å². The van der Waals surface area contributed by atoms with Gasteiger partial charge in [0.1, 0.15) is 0 Å². The molecule has 2 atom stereocenters. The number of pyridine rings is 1. The Morgan fingerprint density at radius 3 is 3.13 bits per heavy atom. The molecular formula is C13H16N2. The molecule has 0 spiro atoms. The molecule has 0 amide bonds. The van der Waals surface area contributed by atoms with Crippen molar-refractivity contribution in [2.75, 3.05) is 7.05 Å². The zero-order valence-electron chi connectivity index (χ0n) is 9.06. The third kappa shape index (κ3) is 1.40. The van der Waals surface area contributed by atoms with Crippen LogP contribution in [0.2, 0.25) is 0 Å². The molecule has 0 unspecified atom stereocenters. The molecule has 2 aliphatic rings. The fourth-order valence-corrected chi connectivity index (χ4v) is 2.91. The first kappa shape index (κ1) is 9.10. The molecule has 3 heterocycles. The largest absolute Gasteiger partial charge is 0.296 e. The van der Waals surface area contributed by atoms with Crippen LogP contribution in [-0.4, -0.2) is 29.0 Å². The van der Waals surface area contributed by atoms with Gasteiger partial charge in [-0.1, -0.05) is 12.1 Å². The molecule has 2 heteroatoms. The Morgan fingerprint density at radius 2 is 2.33 bits per heavy atom. The lowest BCUT2D eigenvalue weighted by atomic mass is 9.96. The van der Waals surface area contributed by atoms with Crippen LogP contribution in [0.15, 0.2) is 30.6 Å². The summed E-state index contributed by atoms with van der Waals surface area (Å²) in [5.74, 6) is 0. The summed E-state index contributed by atoms with van der Waals surface area (Å²) in [7, 11) is 2.26. The quantitative estimate of drug-likeness (QED) is 0.691. The Hall–Kier alpha value is -1.15. The minimum absolute atomic E-state index is 0.632. The van der Waals surface area contributed by atoms with E-state index in [2.05, 4.69) is 29.1 Å². The van der Waals surface area contributed by atoms with Crippen molar-refractivity contribution in [3.63, 3.8) is 0 Å². The van der Waals surface area contributed by atoms with Gasteiger partial charge in [0.15, 0.2) is 0 Å². The first-order valence-electron chi connectivity index (χ1n) is 5.68. The van der Waals surface area contributed by atoms with Crippen LogP contribution in [0.1, 0.15) is 24.8 Å². The van der Waals surface area contributed by atoms with Crippen molar-refractivity contribution in [2.45, 2.75) is 31.3 Å². The maximum absolute atomic E-state index is 4.21. The van der Waals surface area contributed by atoms with Crippen LogP contribution in [0.5, 0.6) is 0 Å². The van der Waals surface area contributed by atoms with Crippen LogP contribution < -0.4 is 0 Å². The van der Waals surface area contributed by atoms with Gasteiger partial charge in [-0.2, -0.15) is 0 Å². The summed E-state index contributed by atoms with van der Waals surface area (Å²) < 4.78 is 0. The third-order valence-corrected chi connectivity index (χ3v) is 3.80. The lowest BCUT2D eigenvalue weighted by Gasteiger charge is -2.31. The van der Waals surface area contributed by atoms with E-state index < -0.39 is 0 Å². The highest BCUT2D eigenvalue weighted by Crippen LogP contribution is 2.38. The molecule has 2 aliphatic heterocycles. The Bertz CT molecular complexity index is 383. The maximum Gasteiger partial charge on any atom is 0.0352 e. The van der Waals surface area contributed by atoms with Gasteiger partial charge >= 0.3 is 0 Å². The van der Waals surface area contributed by atoms with Gasteiger partial charge in [-0.05, 0) is 43.5 Å². The lowest BCUT2D eigenvalue weighted by molar-refractivity contribution is 0.267. The van der Waals surface area contributed by atoms with Gasteiger partial charge in [0.05, 0.1) is 0 Å². The number of aromatic nitrogens is 1. The predicted octanol–water partition coefficient (Wildman–Crippen LogP) is 2.33. The molecule has 0 aromatic carbocycles. The molecule has 0 radical (unpaired) electrons. The van der Waals surface area contributed by atoms with E-state index in [1.807, 2.05) is 18.5 Å². The number of hydrogen-bond donors (Lipinski definition) is 0. The predicted molar refractivity (Wildman–Crippen MR) is 61.4 cm³/mol. The van der Waals surface area contributed by atoms with Gasteiger partial charge in [-0.15, -0.1) is 0 Å². The second kappa shape index (κ2) is 3.46. The summed E-state index contributed by atoms with van der Waals surface area (Å²) in [6, 6.07) is 5.62. The van der Waals surface area contributed by atoms with Gasteiger partial charge in [-0.25, -0.2) is 0 Å². The molecule has 15 heavy (non-hydrogen) atoms. The van der Waals surface area contributed by atoms with Gasteiger partial charge in [-0.3, -0.25) is 9.88 Å². The monoisotopic (exact) mass is 200 g/mol. The van der Waals surface area contributed by atoms with Crippen LogP contribution in [-0.2, 0) is 0 Å². The average Bonchev–Trinajstić information content (AvgIpc) is 2.54. The molecule has 1 fully saturated rings. The van der Waals surface area contributed by atoms with Crippen LogP contribution in [0.4, 0.5) is 0 Å². The highest BCUT2D eigenvalue weighted by molar-refractivity contribution is 5.70. The summed E-state index contributed by atoms with van der Waals surface area (Å²) in [5.41, 5.74) is 2.79. The Morgan fingerprint density at radius 1 is 1.40 bits per heavy atom. The van der Waals surface area contributed by atoms with Crippen molar-refractivity contribution >= 4 is 5.57 Å². The van der Waals surface area contributed by atoms with Gasteiger partial charge in [0, 0.05) is 24.5 Å². The van der Waals surface area contributed by atoms with Crippen LogP contribution in [0.25, 0.3) is 5.57 Å². The van der Waals surface area contributed by atoms with Crippen molar-refractivity contribution in [1.82, 2.24) is 9.88 Å².